The van der Waals surface area contributed by atoms with Gasteiger partial charge >= 0.3 is 5.69 Å². The third-order valence-electron chi connectivity index (χ3n) is 4.51. The van der Waals surface area contributed by atoms with Crippen molar-refractivity contribution in [2.45, 2.75) is 25.3 Å². The summed E-state index contributed by atoms with van der Waals surface area (Å²) in [5.74, 6) is 2.02. The number of nitrogens with one attached hydrogen (secondary N) is 2. The molecule has 2 N–H and O–H groups in total. The molecule has 2 aromatic heterocycles. The molecular formula is C17H20N6O. The van der Waals surface area contributed by atoms with Gasteiger partial charge in [-0.1, -0.05) is 18.2 Å². The minimum absolute atomic E-state index is 0.181. The van der Waals surface area contributed by atoms with Crippen LogP contribution in [-0.2, 0) is 6.54 Å². The van der Waals surface area contributed by atoms with Gasteiger partial charge in [0.15, 0.2) is 0 Å². The summed E-state index contributed by atoms with van der Waals surface area (Å²) < 4.78 is 1.70. The van der Waals surface area contributed by atoms with Crippen molar-refractivity contribution >= 4 is 0 Å². The Morgan fingerprint density at radius 1 is 1.25 bits per heavy atom. The Bertz CT molecular complexity index is 836. The van der Waals surface area contributed by atoms with Gasteiger partial charge in [0, 0.05) is 24.9 Å². The Kier molecular flexibility index (Phi) is 4.00. The topological polar surface area (TPSA) is 82.6 Å². The van der Waals surface area contributed by atoms with Gasteiger partial charge in [-0.15, -0.1) is 0 Å². The van der Waals surface area contributed by atoms with Crippen LogP contribution in [0.15, 0.2) is 47.5 Å². The van der Waals surface area contributed by atoms with Gasteiger partial charge in [0.25, 0.3) is 0 Å². The summed E-state index contributed by atoms with van der Waals surface area (Å²) in [5, 5.41) is 6.94. The van der Waals surface area contributed by atoms with E-state index in [0.29, 0.717) is 0 Å². The van der Waals surface area contributed by atoms with E-state index >= 15 is 0 Å². The molecule has 0 saturated carbocycles. The summed E-state index contributed by atoms with van der Waals surface area (Å²) in [6.45, 7) is 2.71. The second-order valence-corrected chi connectivity index (χ2v) is 6.17. The first-order valence-corrected chi connectivity index (χ1v) is 8.24. The highest BCUT2D eigenvalue weighted by Gasteiger charge is 2.27. The molecule has 7 nitrogen and oxygen atoms in total. The van der Waals surface area contributed by atoms with Gasteiger partial charge in [0.1, 0.15) is 11.6 Å². The van der Waals surface area contributed by atoms with Crippen LogP contribution in [0.4, 0.5) is 0 Å². The lowest BCUT2D eigenvalue weighted by atomic mass is 9.97. The second-order valence-electron chi connectivity index (χ2n) is 6.17. The molecule has 1 saturated heterocycles. The van der Waals surface area contributed by atoms with Crippen molar-refractivity contribution < 1.29 is 0 Å². The van der Waals surface area contributed by atoms with Crippen LogP contribution in [0.3, 0.4) is 0 Å². The lowest BCUT2D eigenvalue weighted by Crippen LogP contribution is -2.35. The van der Waals surface area contributed by atoms with Gasteiger partial charge in [-0.3, -0.25) is 4.90 Å². The fourth-order valence-corrected chi connectivity index (χ4v) is 3.42. The molecule has 124 valence electrons. The molecule has 4 rings (SSSR count). The molecule has 0 bridgehead atoms. The zero-order valence-electron chi connectivity index (χ0n) is 13.4. The summed E-state index contributed by atoms with van der Waals surface area (Å²) in [4.78, 5) is 22.1. The Balaban J connectivity index is 1.59. The van der Waals surface area contributed by atoms with Crippen LogP contribution in [0.1, 0.15) is 30.4 Å². The number of hydrogen-bond donors (Lipinski definition) is 2. The molecule has 1 fully saturated rings. The van der Waals surface area contributed by atoms with Crippen molar-refractivity contribution in [3.63, 3.8) is 0 Å². The third-order valence-corrected chi connectivity index (χ3v) is 4.51. The van der Waals surface area contributed by atoms with Gasteiger partial charge in [-0.05, 0) is 31.5 Å². The second kappa shape index (κ2) is 6.45. The van der Waals surface area contributed by atoms with E-state index in [9.17, 15) is 4.79 Å². The summed E-state index contributed by atoms with van der Waals surface area (Å²) >= 11 is 0. The monoisotopic (exact) mass is 324 g/mol. The molecule has 3 heterocycles. The van der Waals surface area contributed by atoms with Crippen molar-refractivity contribution in [2.24, 2.45) is 0 Å². The maximum atomic E-state index is 12.2. The molecule has 0 aliphatic carbocycles. The van der Waals surface area contributed by atoms with E-state index in [0.717, 1.165) is 49.8 Å². The molecule has 0 spiro atoms. The number of benzene rings is 1. The number of piperidine rings is 1. The largest absolute Gasteiger partial charge is 0.348 e. The van der Waals surface area contributed by atoms with Gasteiger partial charge in [-0.2, -0.15) is 5.10 Å². The van der Waals surface area contributed by atoms with Crippen molar-refractivity contribution in [2.75, 3.05) is 13.1 Å². The van der Waals surface area contributed by atoms with Gasteiger partial charge in [-0.25, -0.2) is 19.4 Å². The zero-order valence-corrected chi connectivity index (χ0v) is 13.4. The average molecular weight is 324 g/mol. The van der Waals surface area contributed by atoms with E-state index in [2.05, 4.69) is 25.1 Å². The van der Waals surface area contributed by atoms with E-state index in [-0.39, 0.29) is 11.6 Å². The molecule has 24 heavy (non-hydrogen) atoms. The smallest absolute Gasteiger partial charge is 0.347 e. The predicted octanol–water partition coefficient (Wildman–Crippen LogP) is 1.66. The molecule has 1 aliphatic heterocycles. The van der Waals surface area contributed by atoms with Crippen molar-refractivity contribution in [3.8, 4) is 5.69 Å². The highest BCUT2D eigenvalue weighted by atomic mass is 16.1. The molecule has 0 radical (unpaired) electrons. The van der Waals surface area contributed by atoms with Crippen LogP contribution >= 0.6 is 0 Å². The molecule has 3 aromatic rings. The maximum Gasteiger partial charge on any atom is 0.347 e. The van der Waals surface area contributed by atoms with Crippen LogP contribution in [0.2, 0.25) is 0 Å². The standard InChI is InChI=1S/C17H20N6O/c24-17-21-20-16(23(17)14-6-2-1-3-7-14)13-5-4-10-22(11-13)12-15-18-8-9-19-15/h1-3,6-9,13H,4-5,10-12H2,(H,18,19)(H,21,24). The van der Waals surface area contributed by atoms with E-state index < -0.39 is 0 Å². The number of likely N-dealkylation sites (tertiary alicyclic amines) is 1. The number of aromatic amines is 2. The van der Waals surface area contributed by atoms with Gasteiger partial charge in [0.2, 0.25) is 0 Å². The lowest BCUT2D eigenvalue weighted by Gasteiger charge is -2.31. The van der Waals surface area contributed by atoms with Gasteiger partial charge in [0.05, 0.1) is 12.2 Å². The summed E-state index contributed by atoms with van der Waals surface area (Å²) in [6, 6.07) is 9.68. The first-order chi connectivity index (χ1) is 11.8. The number of para-hydroxylation sites is 1. The first-order valence-electron chi connectivity index (χ1n) is 8.24. The molecular weight excluding hydrogens is 304 g/mol. The number of hydrogen-bond acceptors (Lipinski definition) is 4. The van der Waals surface area contributed by atoms with Crippen LogP contribution < -0.4 is 5.69 Å². The van der Waals surface area contributed by atoms with Gasteiger partial charge < -0.3 is 4.98 Å². The summed E-state index contributed by atoms with van der Waals surface area (Å²) in [7, 11) is 0. The number of aromatic nitrogens is 5. The quantitative estimate of drug-likeness (QED) is 0.765. The Morgan fingerprint density at radius 3 is 2.92 bits per heavy atom. The molecule has 1 aromatic carbocycles. The minimum Gasteiger partial charge on any atom is -0.348 e. The van der Waals surface area contributed by atoms with E-state index in [1.807, 2.05) is 36.5 Å². The Morgan fingerprint density at radius 2 is 2.12 bits per heavy atom. The first kappa shape index (κ1) is 14.9. The fraction of sp³-hybridized carbons (Fsp3) is 0.353. The highest BCUT2D eigenvalue weighted by molar-refractivity contribution is 5.32. The Labute approximate surface area is 139 Å². The molecule has 0 amide bonds. The van der Waals surface area contributed by atoms with E-state index in [1.165, 1.54) is 0 Å². The molecule has 1 unspecified atom stereocenters. The predicted molar refractivity (Wildman–Crippen MR) is 90.0 cm³/mol. The number of nitrogens with zero attached hydrogens (tertiary/aromatic N) is 4. The highest BCUT2D eigenvalue weighted by Crippen LogP contribution is 2.26. The fourth-order valence-electron chi connectivity index (χ4n) is 3.42. The van der Waals surface area contributed by atoms with Crippen molar-refractivity contribution in [1.29, 1.82) is 0 Å². The van der Waals surface area contributed by atoms with E-state index in [1.54, 1.807) is 10.8 Å². The van der Waals surface area contributed by atoms with Crippen LogP contribution in [0, 0.1) is 0 Å². The third kappa shape index (κ3) is 2.90. The van der Waals surface area contributed by atoms with Crippen LogP contribution in [0.5, 0.6) is 0 Å². The van der Waals surface area contributed by atoms with Crippen molar-refractivity contribution in [1.82, 2.24) is 29.6 Å². The summed E-state index contributed by atoms with van der Waals surface area (Å²) in [5.41, 5.74) is 0.675. The number of H-pyrrole nitrogens is 2. The number of imidazole rings is 1. The van der Waals surface area contributed by atoms with Crippen LogP contribution in [-0.4, -0.2) is 42.7 Å². The molecule has 7 heteroatoms. The zero-order chi connectivity index (χ0) is 16.4. The molecule has 1 aliphatic rings. The summed E-state index contributed by atoms with van der Waals surface area (Å²) in [6.07, 6.45) is 5.74. The maximum absolute atomic E-state index is 12.2. The van der Waals surface area contributed by atoms with Crippen molar-refractivity contribution in [3.05, 3.63) is 64.9 Å². The average Bonchev–Trinajstić information content (AvgIpc) is 3.25. The van der Waals surface area contributed by atoms with E-state index in [4.69, 9.17) is 0 Å². The van der Waals surface area contributed by atoms with Crippen LogP contribution in [0.25, 0.3) is 5.69 Å². The molecule has 1 atom stereocenters. The normalized spacial score (nSPS) is 18.8. The Hall–Kier alpha value is -2.67. The SMILES string of the molecule is O=c1[nH]nc(C2CCCN(Cc3ncc[nH]3)C2)n1-c1ccccc1. The number of rotatable bonds is 4. The minimum atomic E-state index is -0.181. The lowest BCUT2D eigenvalue weighted by molar-refractivity contribution is 0.192.